The van der Waals surface area contributed by atoms with Gasteiger partial charge in [-0.3, -0.25) is 4.98 Å². The number of ether oxygens (including phenoxy) is 2. The predicted molar refractivity (Wildman–Crippen MR) is 90.5 cm³/mol. The minimum absolute atomic E-state index is 0.0556. The van der Waals surface area contributed by atoms with Crippen LogP contribution < -0.4 is 10.6 Å². The molecule has 1 aromatic heterocycles. The number of hydrogen-bond acceptors (Lipinski definition) is 4. The lowest BCUT2D eigenvalue weighted by atomic mass is 9.86. The van der Waals surface area contributed by atoms with E-state index in [1.807, 2.05) is 18.2 Å². The quantitative estimate of drug-likeness (QED) is 0.867. The minimum atomic E-state index is -0.395. The van der Waals surface area contributed by atoms with Crippen molar-refractivity contribution in [3.63, 3.8) is 0 Å². The molecule has 2 N–H and O–H groups in total. The van der Waals surface area contributed by atoms with E-state index in [-0.39, 0.29) is 12.1 Å². The van der Waals surface area contributed by atoms with Crippen LogP contribution >= 0.6 is 0 Å². The number of carbonyl (C=O) groups excluding carboxylic acids is 1. The first kappa shape index (κ1) is 17.2. The van der Waals surface area contributed by atoms with E-state index in [0.717, 1.165) is 43.7 Å². The van der Waals surface area contributed by atoms with Gasteiger partial charge in [-0.2, -0.15) is 0 Å². The Bertz CT molecular complexity index is 530. The topological polar surface area (TPSA) is 72.5 Å². The van der Waals surface area contributed by atoms with Gasteiger partial charge in [0.15, 0.2) is 5.79 Å². The zero-order valence-corrected chi connectivity index (χ0v) is 14.3. The Labute approximate surface area is 143 Å². The third kappa shape index (κ3) is 4.68. The summed E-state index contributed by atoms with van der Waals surface area (Å²) in [5.74, 6) is 0.360. The molecule has 1 aliphatic carbocycles. The summed E-state index contributed by atoms with van der Waals surface area (Å²) in [6.45, 7) is 3.87. The van der Waals surface area contributed by atoms with Gasteiger partial charge < -0.3 is 20.1 Å². The van der Waals surface area contributed by atoms with E-state index in [0.29, 0.717) is 19.7 Å². The predicted octanol–water partition coefficient (Wildman–Crippen LogP) is 2.25. The van der Waals surface area contributed by atoms with Gasteiger partial charge in [-0.1, -0.05) is 13.0 Å². The Morgan fingerprint density at radius 3 is 2.92 bits per heavy atom. The Kier molecular flexibility index (Phi) is 5.68. The number of nitrogens with one attached hydrogen (secondary N) is 2. The van der Waals surface area contributed by atoms with Crippen LogP contribution in [-0.4, -0.2) is 42.6 Å². The highest BCUT2D eigenvalue weighted by Crippen LogP contribution is 2.39. The molecule has 1 atom stereocenters. The molecule has 132 valence electrons. The molecule has 6 nitrogen and oxygen atoms in total. The van der Waals surface area contributed by atoms with Gasteiger partial charge >= 0.3 is 6.03 Å². The summed E-state index contributed by atoms with van der Waals surface area (Å²) in [6, 6.07) is 5.61. The van der Waals surface area contributed by atoms with Gasteiger partial charge in [0.1, 0.15) is 6.10 Å². The SMILES string of the molecule is CC1CCC2(CC1)OCC(CNC(=O)NCCc1ccccn1)O2. The largest absolute Gasteiger partial charge is 0.347 e. The molecule has 1 saturated carbocycles. The van der Waals surface area contributed by atoms with Gasteiger partial charge in [0.2, 0.25) is 0 Å². The molecule has 2 fully saturated rings. The molecule has 2 amide bonds. The van der Waals surface area contributed by atoms with Crippen LogP contribution in [-0.2, 0) is 15.9 Å². The van der Waals surface area contributed by atoms with Crippen molar-refractivity contribution < 1.29 is 14.3 Å². The van der Waals surface area contributed by atoms with Gasteiger partial charge in [-0.25, -0.2) is 4.79 Å². The second-order valence-electron chi connectivity index (χ2n) is 6.85. The summed E-state index contributed by atoms with van der Waals surface area (Å²) in [6.07, 6.45) is 6.64. The number of rotatable bonds is 5. The van der Waals surface area contributed by atoms with E-state index < -0.39 is 5.79 Å². The third-order valence-corrected chi connectivity index (χ3v) is 4.83. The summed E-state index contributed by atoms with van der Waals surface area (Å²) in [7, 11) is 0. The molecule has 1 saturated heterocycles. The maximum atomic E-state index is 11.9. The molecule has 1 unspecified atom stereocenters. The Morgan fingerprint density at radius 1 is 1.33 bits per heavy atom. The normalized spacial score (nSPS) is 29.5. The molecular weight excluding hydrogens is 306 g/mol. The molecule has 2 heterocycles. The Balaban J connectivity index is 1.32. The average Bonchev–Trinajstić information content (AvgIpc) is 3.00. The number of urea groups is 1. The van der Waals surface area contributed by atoms with Crippen molar-refractivity contribution in [2.75, 3.05) is 19.7 Å². The second-order valence-corrected chi connectivity index (χ2v) is 6.85. The Hall–Kier alpha value is -1.66. The number of hydrogen-bond donors (Lipinski definition) is 2. The van der Waals surface area contributed by atoms with Crippen LogP contribution in [0.4, 0.5) is 4.79 Å². The molecule has 1 spiro atoms. The maximum absolute atomic E-state index is 11.9. The van der Waals surface area contributed by atoms with Gasteiger partial charge in [0, 0.05) is 44.2 Å². The molecule has 0 bridgehead atoms. The van der Waals surface area contributed by atoms with Crippen LogP contribution in [0.25, 0.3) is 0 Å². The van der Waals surface area contributed by atoms with Gasteiger partial charge in [0.05, 0.1) is 6.61 Å². The molecule has 1 aliphatic heterocycles. The number of pyridine rings is 1. The van der Waals surface area contributed by atoms with Gasteiger partial charge in [-0.15, -0.1) is 0 Å². The lowest BCUT2D eigenvalue weighted by Gasteiger charge is -2.34. The van der Waals surface area contributed by atoms with Crippen LogP contribution in [0.5, 0.6) is 0 Å². The van der Waals surface area contributed by atoms with Crippen molar-refractivity contribution in [3.05, 3.63) is 30.1 Å². The van der Waals surface area contributed by atoms with Crippen molar-refractivity contribution in [2.45, 2.75) is 50.9 Å². The van der Waals surface area contributed by atoms with E-state index in [1.54, 1.807) is 6.20 Å². The summed E-state index contributed by atoms with van der Waals surface area (Å²) in [5.41, 5.74) is 0.971. The molecule has 6 heteroatoms. The molecule has 3 rings (SSSR count). The number of nitrogens with zero attached hydrogens (tertiary/aromatic N) is 1. The molecular formula is C18H27N3O3. The first-order chi connectivity index (χ1) is 11.7. The lowest BCUT2D eigenvalue weighted by molar-refractivity contribution is -0.191. The van der Waals surface area contributed by atoms with Gasteiger partial charge in [0.25, 0.3) is 0 Å². The van der Waals surface area contributed by atoms with E-state index >= 15 is 0 Å². The minimum Gasteiger partial charge on any atom is -0.347 e. The number of carbonyl (C=O) groups is 1. The van der Waals surface area contributed by atoms with Crippen LogP contribution in [0.2, 0.25) is 0 Å². The third-order valence-electron chi connectivity index (χ3n) is 4.83. The standard InChI is InChI=1S/C18H27N3O3/c1-14-5-8-18(9-6-14)23-13-16(24-18)12-21-17(22)20-11-7-15-4-2-3-10-19-15/h2-4,10,14,16H,5-9,11-13H2,1H3,(H2,20,21,22). The molecule has 0 radical (unpaired) electrons. The van der Waals surface area contributed by atoms with E-state index in [4.69, 9.17) is 9.47 Å². The number of aromatic nitrogens is 1. The Morgan fingerprint density at radius 2 is 2.17 bits per heavy atom. The average molecular weight is 333 g/mol. The summed E-state index contributed by atoms with van der Waals surface area (Å²) in [4.78, 5) is 16.1. The summed E-state index contributed by atoms with van der Waals surface area (Å²) >= 11 is 0. The fourth-order valence-corrected chi connectivity index (χ4v) is 3.30. The highest BCUT2D eigenvalue weighted by atomic mass is 16.7. The zero-order valence-electron chi connectivity index (χ0n) is 14.3. The maximum Gasteiger partial charge on any atom is 0.314 e. The first-order valence-corrected chi connectivity index (χ1v) is 8.89. The fraction of sp³-hybridized carbons (Fsp3) is 0.667. The smallest absolute Gasteiger partial charge is 0.314 e. The van der Waals surface area contributed by atoms with Crippen LogP contribution in [0, 0.1) is 5.92 Å². The number of amides is 2. The van der Waals surface area contributed by atoms with E-state index in [1.165, 1.54) is 0 Å². The van der Waals surface area contributed by atoms with Crippen molar-refractivity contribution in [1.82, 2.24) is 15.6 Å². The van der Waals surface area contributed by atoms with Crippen molar-refractivity contribution in [1.29, 1.82) is 0 Å². The summed E-state index contributed by atoms with van der Waals surface area (Å²) in [5, 5.41) is 5.71. The molecule has 2 aliphatic rings. The first-order valence-electron chi connectivity index (χ1n) is 8.89. The monoisotopic (exact) mass is 333 g/mol. The molecule has 24 heavy (non-hydrogen) atoms. The van der Waals surface area contributed by atoms with Crippen molar-refractivity contribution in [3.8, 4) is 0 Å². The molecule has 0 aromatic carbocycles. The highest BCUT2D eigenvalue weighted by Gasteiger charge is 2.43. The second kappa shape index (κ2) is 7.94. The van der Waals surface area contributed by atoms with Crippen molar-refractivity contribution >= 4 is 6.03 Å². The fourth-order valence-electron chi connectivity index (χ4n) is 3.30. The molecule has 1 aromatic rings. The van der Waals surface area contributed by atoms with Crippen LogP contribution in [0.15, 0.2) is 24.4 Å². The lowest BCUT2D eigenvalue weighted by Crippen LogP contribution is -2.42. The van der Waals surface area contributed by atoms with Crippen LogP contribution in [0.3, 0.4) is 0 Å². The van der Waals surface area contributed by atoms with Crippen LogP contribution in [0.1, 0.15) is 38.3 Å². The summed E-state index contributed by atoms with van der Waals surface area (Å²) < 4.78 is 12.0. The highest BCUT2D eigenvalue weighted by molar-refractivity contribution is 5.73. The van der Waals surface area contributed by atoms with E-state index in [9.17, 15) is 4.79 Å². The zero-order chi connectivity index (χ0) is 16.8. The van der Waals surface area contributed by atoms with Crippen molar-refractivity contribution in [2.24, 2.45) is 5.92 Å². The van der Waals surface area contributed by atoms with Gasteiger partial charge in [-0.05, 0) is 30.9 Å². The van der Waals surface area contributed by atoms with E-state index in [2.05, 4.69) is 22.5 Å².